The van der Waals surface area contributed by atoms with Crippen LogP contribution in [0.25, 0.3) is 0 Å². The number of aryl methyl sites for hydroxylation is 1. The minimum Gasteiger partial charge on any atom is -0.457 e. The molecule has 0 amide bonds. The maximum Gasteiger partial charge on any atom is 0.330 e. The Balaban J connectivity index is 1.40. The van der Waals surface area contributed by atoms with Crippen LogP contribution in [0.2, 0.25) is 0 Å². The predicted molar refractivity (Wildman–Crippen MR) is 167 cm³/mol. The van der Waals surface area contributed by atoms with E-state index in [-0.39, 0.29) is 26.4 Å². The van der Waals surface area contributed by atoms with Crippen molar-refractivity contribution in [3.05, 3.63) is 140 Å². The van der Waals surface area contributed by atoms with Crippen molar-refractivity contribution >= 4 is 5.97 Å². The lowest BCUT2D eigenvalue weighted by molar-refractivity contribution is -0.231. The molecule has 1 aliphatic carbocycles. The van der Waals surface area contributed by atoms with E-state index in [9.17, 15) is 14.4 Å². The number of H-pyrrole nitrogens is 1. The van der Waals surface area contributed by atoms with Crippen LogP contribution in [0.3, 0.4) is 0 Å². The van der Waals surface area contributed by atoms with Gasteiger partial charge in [0.05, 0.1) is 38.4 Å². The molecule has 2 bridgehead atoms. The molecule has 2 heterocycles. The standard InChI is InChI=1S/C35H37N3O8/c1-23-18-38(34(41)36-32(23)40)33-28-29(37-44-21-27-16-10-5-11-17-27)31(45-24(2)39)35(46-33,22-42-19-25-12-6-3-7-13-25)30(28)43-20-26-14-8-4-9-15-26/h3-18,28-31,33,37H,19-22H2,1-2H3,(H,36,40,41)/t28-,29+,30+,31+,33-,35-/m1/s1. The number of carbonyl (C=O) groups excluding carboxylic acids is 1. The summed E-state index contributed by atoms with van der Waals surface area (Å²) in [4.78, 5) is 46.5. The summed E-state index contributed by atoms with van der Waals surface area (Å²) in [5.41, 5.74) is 3.80. The third-order valence-corrected chi connectivity index (χ3v) is 8.45. The molecule has 0 radical (unpaired) electrons. The molecule has 0 spiro atoms. The van der Waals surface area contributed by atoms with Crippen molar-refractivity contribution in [3.8, 4) is 0 Å². The molecule has 240 valence electrons. The van der Waals surface area contributed by atoms with Gasteiger partial charge in [-0.15, -0.1) is 0 Å². The number of aromatic amines is 1. The van der Waals surface area contributed by atoms with Crippen molar-refractivity contribution in [1.29, 1.82) is 0 Å². The van der Waals surface area contributed by atoms with Gasteiger partial charge in [-0.2, -0.15) is 5.48 Å². The molecule has 1 aromatic heterocycles. The number of hydrogen-bond donors (Lipinski definition) is 2. The summed E-state index contributed by atoms with van der Waals surface area (Å²) in [6, 6.07) is 28.3. The number of nitrogens with one attached hydrogen (secondary N) is 2. The lowest BCUT2D eigenvalue weighted by Crippen LogP contribution is -2.59. The third-order valence-electron chi connectivity index (χ3n) is 8.45. The van der Waals surface area contributed by atoms with E-state index in [1.807, 2.05) is 91.0 Å². The third kappa shape index (κ3) is 6.60. The Bertz CT molecular complexity index is 1730. The lowest BCUT2D eigenvalue weighted by atomic mass is 9.97. The van der Waals surface area contributed by atoms with E-state index in [1.165, 1.54) is 17.7 Å². The number of esters is 1. The molecule has 1 aliphatic heterocycles. The first kappa shape index (κ1) is 31.6. The average Bonchev–Trinajstić information content (AvgIpc) is 3.49. The molecule has 1 saturated heterocycles. The van der Waals surface area contributed by atoms with Crippen LogP contribution in [0.4, 0.5) is 0 Å². The molecular weight excluding hydrogens is 590 g/mol. The zero-order valence-corrected chi connectivity index (χ0v) is 25.7. The van der Waals surface area contributed by atoms with Gasteiger partial charge in [-0.3, -0.25) is 24.0 Å². The Kier molecular flexibility index (Phi) is 9.57. The molecule has 2 fully saturated rings. The fourth-order valence-electron chi connectivity index (χ4n) is 6.36. The van der Waals surface area contributed by atoms with Gasteiger partial charge in [0.2, 0.25) is 0 Å². The Morgan fingerprint density at radius 1 is 0.870 bits per heavy atom. The van der Waals surface area contributed by atoms with Crippen LogP contribution in [0.5, 0.6) is 0 Å². The highest BCUT2D eigenvalue weighted by Crippen LogP contribution is 2.55. The molecule has 11 nitrogen and oxygen atoms in total. The average molecular weight is 628 g/mol. The van der Waals surface area contributed by atoms with E-state index in [0.717, 1.165) is 16.7 Å². The number of carbonyl (C=O) groups is 1. The number of hydrogen-bond acceptors (Lipinski definition) is 9. The first-order valence-electron chi connectivity index (χ1n) is 15.2. The minimum atomic E-state index is -1.36. The van der Waals surface area contributed by atoms with Crippen molar-refractivity contribution in [2.45, 2.75) is 63.7 Å². The maximum atomic E-state index is 13.2. The summed E-state index contributed by atoms with van der Waals surface area (Å²) in [5, 5.41) is 0. The molecule has 2 aliphatic rings. The number of fused-ring (bicyclic) bond motifs is 2. The summed E-state index contributed by atoms with van der Waals surface area (Å²) in [5.74, 6) is -1.14. The van der Waals surface area contributed by atoms with Crippen molar-refractivity contribution in [2.24, 2.45) is 5.92 Å². The molecule has 1 saturated carbocycles. The van der Waals surface area contributed by atoms with E-state index in [0.29, 0.717) is 5.56 Å². The van der Waals surface area contributed by atoms with Crippen molar-refractivity contribution < 1.29 is 28.6 Å². The molecule has 11 heteroatoms. The van der Waals surface area contributed by atoms with Crippen LogP contribution in [-0.4, -0.2) is 46.0 Å². The van der Waals surface area contributed by atoms with Crippen LogP contribution < -0.4 is 16.7 Å². The number of aromatic nitrogens is 2. The SMILES string of the molecule is CC(=O)O[C@H]1[C@@H](NOCc2ccccc2)[C@H]2[C@H](n3cc(C)c(=O)[nH]c3=O)O[C@]1(COCc1ccccc1)[C@H]2OCc1ccccc1. The predicted octanol–water partition coefficient (Wildman–Crippen LogP) is 3.57. The van der Waals surface area contributed by atoms with Gasteiger partial charge in [-0.25, -0.2) is 4.79 Å². The Morgan fingerprint density at radius 3 is 2.07 bits per heavy atom. The fourth-order valence-corrected chi connectivity index (χ4v) is 6.36. The van der Waals surface area contributed by atoms with Gasteiger partial charge in [0, 0.05) is 18.7 Å². The number of benzene rings is 3. The largest absolute Gasteiger partial charge is 0.457 e. The maximum absolute atomic E-state index is 13.2. The smallest absolute Gasteiger partial charge is 0.330 e. The van der Waals surface area contributed by atoms with Crippen LogP contribution >= 0.6 is 0 Å². The summed E-state index contributed by atoms with van der Waals surface area (Å²) in [6.45, 7) is 3.64. The number of hydroxylamine groups is 1. The zero-order valence-electron chi connectivity index (χ0n) is 25.7. The Hall–Kier alpha value is -4.39. The van der Waals surface area contributed by atoms with Crippen LogP contribution in [0.1, 0.15) is 35.4 Å². The normalized spacial score (nSPS) is 25.0. The summed E-state index contributed by atoms with van der Waals surface area (Å²) < 4.78 is 27.1. The molecule has 6 rings (SSSR count). The first-order valence-corrected chi connectivity index (χ1v) is 15.2. The molecule has 3 aromatic carbocycles. The second-order valence-corrected chi connectivity index (χ2v) is 11.7. The van der Waals surface area contributed by atoms with E-state index < -0.39 is 53.2 Å². The molecular formula is C35H37N3O8. The van der Waals surface area contributed by atoms with Crippen molar-refractivity contribution in [2.75, 3.05) is 6.61 Å². The van der Waals surface area contributed by atoms with Gasteiger partial charge < -0.3 is 18.9 Å². The van der Waals surface area contributed by atoms with Crippen molar-refractivity contribution in [1.82, 2.24) is 15.0 Å². The molecule has 4 aromatic rings. The number of ether oxygens (including phenoxy) is 4. The van der Waals surface area contributed by atoms with Gasteiger partial charge >= 0.3 is 11.7 Å². The van der Waals surface area contributed by atoms with Gasteiger partial charge in [0.1, 0.15) is 12.3 Å². The molecule has 6 atom stereocenters. The topological polar surface area (TPSA) is 130 Å². The van der Waals surface area contributed by atoms with Gasteiger partial charge in [-0.05, 0) is 23.6 Å². The summed E-state index contributed by atoms with van der Waals surface area (Å²) in [7, 11) is 0. The van der Waals surface area contributed by atoms with Crippen LogP contribution in [-0.2, 0) is 48.4 Å². The fraction of sp³-hybridized carbons (Fsp3) is 0.343. The van der Waals surface area contributed by atoms with E-state index >= 15 is 0 Å². The monoisotopic (exact) mass is 627 g/mol. The lowest BCUT2D eigenvalue weighted by Gasteiger charge is -2.41. The van der Waals surface area contributed by atoms with Gasteiger partial charge in [0.15, 0.2) is 11.7 Å². The zero-order chi connectivity index (χ0) is 32.1. The van der Waals surface area contributed by atoms with Crippen LogP contribution in [0.15, 0.2) is 107 Å². The van der Waals surface area contributed by atoms with Gasteiger partial charge in [0.25, 0.3) is 5.56 Å². The number of rotatable bonds is 13. The quantitative estimate of drug-likeness (QED) is 0.169. The Labute approximate surface area is 266 Å². The molecule has 46 heavy (non-hydrogen) atoms. The molecule has 2 N–H and O–H groups in total. The minimum absolute atomic E-state index is 0.0275. The second kappa shape index (κ2) is 13.9. The highest BCUT2D eigenvalue weighted by Gasteiger charge is 2.73. The first-order chi connectivity index (χ1) is 22.4. The van der Waals surface area contributed by atoms with E-state index in [2.05, 4.69) is 10.5 Å². The summed E-state index contributed by atoms with van der Waals surface area (Å²) >= 11 is 0. The van der Waals surface area contributed by atoms with E-state index in [1.54, 1.807) is 6.92 Å². The van der Waals surface area contributed by atoms with Crippen molar-refractivity contribution in [3.63, 3.8) is 0 Å². The summed E-state index contributed by atoms with van der Waals surface area (Å²) in [6.07, 6.45) is -1.09. The Morgan fingerprint density at radius 2 is 1.46 bits per heavy atom. The van der Waals surface area contributed by atoms with E-state index in [4.69, 9.17) is 23.8 Å². The highest BCUT2D eigenvalue weighted by molar-refractivity contribution is 5.66. The highest BCUT2D eigenvalue weighted by atomic mass is 16.7. The number of nitrogens with zero attached hydrogens (tertiary/aromatic N) is 1. The van der Waals surface area contributed by atoms with Crippen LogP contribution in [0, 0.1) is 12.8 Å². The van der Waals surface area contributed by atoms with Gasteiger partial charge in [-0.1, -0.05) is 91.0 Å². The second-order valence-electron chi connectivity index (χ2n) is 11.7. The molecule has 0 unspecified atom stereocenters.